The molecule has 2 rings (SSSR count). The second-order valence-electron chi connectivity index (χ2n) is 4.68. The molecule has 3 nitrogen and oxygen atoms in total. The zero-order chi connectivity index (χ0) is 10.7. The number of nitrogens with one attached hydrogen (secondary N) is 1. The highest BCUT2D eigenvalue weighted by atomic mass is 32.2. The standard InChI is InChI=1S/C11H22N2OS/c1-12-10-2-6-13(7-3-10)11-4-8-15(14)9-5-11/h10-12H,2-9H2,1H3. The van der Waals surface area contributed by atoms with Crippen LogP contribution >= 0.6 is 0 Å². The quantitative estimate of drug-likeness (QED) is 0.753. The van der Waals surface area contributed by atoms with Crippen LogP contribution in [-0.2, 0) is 10.8 Å². The molecule has 2 saturated heterocycles. The van der Waals surface area contributed by atoms with Gasteiger partial charge in [0.2, 0.25) is 0 Å². The van der Waals surface area contributed by atoms with E-state index in [9.17, 15) is 4.21 Å². The molecule has 0 spiro atoms. The average Bonchev–Trinajstić information content (AvgIpc) is 2.30. The Morgan fingerprint density at radius 1 is 1.13 bits per heavy atom. The Kier molecular flexibility index (Phi) is 4.17. The van der Waals surface area contributed by atoms with E-state index in [4.69, 9.17) is 0 Å². The molecule has 0 atom stereocenters. The molecular weight excluding hydrogens is 208 g/mol. The average molecular weight is 230 g/mol. The summed E-state index contributed by atoms with van der Waals surface area (Å²) in [5, 5.41) is 3.36. The third-order valence-corrected chi connectivity index (χ3v) is 5.19. The van der Waals surface area contributed by atoms with Gasteiger partial charge in [0.05, 0.1) is 0 Å². The summed E-state index contributed by atoms with van der Waals surface area (Å²) in [5.74, 6) is 1.85. The Hall–Kier alpha value is 0.0700. The summed E-state index contributed by atoms with van der Waals surface area (Å²) in [5.41, 5.74) is 0. The molecule has 2 heterocycles. The fraction of sp³-hybridized carbons (Fsp3) is 1.00. The summed E-state index contributed by atoms with van der Waals surface area (Å²) < 4.78 is 11.3. The third kappa shape index (κ3) is 3.02. The molecule has 0 aromatic heterocycles. The molecule has 4 heteroatoms. The first-order chi connectivity index (χ1) is 7.29. The first-order valence-electron chi connectivity index (χ1n) is 6.06. The number of likely N-dealkylation sites (tertiary alicyclic amines) is 1. The predicted octanol–water partition coefficient (Wildman–Crippen LogP) is 0.581. The van der Waals surface area contributed by atoms with Crippen molar-refractivity contribution in [2.24, 2.45) is 0 Å². The first-order valence-corrected chi connectivity index (χ1v) is 7.54. The molecule has 0 aromatic rings. The highest BCUT2D eigenvalue weighted by molar-refractivity contribution is 7.85. The van der Waals surface area contributed by atoms with E-state index in [1.165, 1.54) is 25.9 Å². The van der Waals surface area contributed by atoms with Gasteiger partial charge in [-0.05, 0) is 45.8 Å². The van der Waals surface area contributed by atoms with Gasteiger partial charge in [-0.2, -0.15) is 0 Å². The van der Waals surface area contributed by atoms with Crippen molar-refractivity contribution in [3.8, 4) is 0 Å². The minimum atomic E-state index is -0.513. The van der Waals surface area contributed by atoms with Crippen LogP contribution in [0.1, 0.15) is 25.7 Å². The molecule has 15 heavy (non-hydrogen) atoms. The molecule has 1 N–H and O–H groups in total. The van der Waals surface area contributed by atoms with E-state index in [0.29, 0.717) is 0 Å². The molecule has 2 fully saturated rings. The van der Waals surface area contributed by atoms with Gasteiger partial charge in [-0.15, -0.1) is 0 Å². The maximum atomic E-state index is 11.3. The maximum absolute atomic E-state index is 11.3. The van der Waals surface area contributed by atoms with Crippen molar-refractivity contribution in [3.63, 3.8) is 0 Å². The van der Waals surface area contributed by atoms with Crippen molar-refractivity contribution in [2.45, 2.75) is 37.8 Å². The van der Waals surface area contributed by atoms with Gasteiger partial charge < -0.3 is 10.2 Å². The van der Waals surface area contributed by atoms with Gasteiger partial charge in [-0.3, -0.25) is 4.21 Å². The van der Waals surface area contributed by atoms with E-state index >= 15 is 0 Å². The number of nitrogens with zero attached hydrogens (tertiary/aromatic N) is 1. The third-order valence-electron chi connectivity index (χ3n) is 3.81. The zero-order valence-electron chi connectivity index (χ0n) is 9.58. The Labute approximate surface area is 95.1 Å². The molecular formula is C11H22N2OS. The van der Waals surface area contributed by atoms with E-state index in [0.717, 1.165) is 36.4 Å². The second-order valence-corrected chi connectivity index (χ2v) is 6.37. The molecule has 2 aliphatic heterocycles. The van der Waals surface area contributed by atoms with Crippen molar-refractivity contribution in [1.82, 2.24) is 10.2 Å². The van der Waals surface area contributed by atoms with Crippen LogP contribution in [-0.4, -0.2) is 52.8 Å². The number of hydrogen-bond donors (Lipinski definition) is 1. The summed E-state index contributed by atoms with van der Waals surface area (Å²) in [6.45, 7) is 2.45. The fourth-order valence-electron chi connectivity index (χ4n) is 2.70. The lowest BCUT2D eigenvalue weighted by Gasteiger charge is -2.39. The summed E-state index contributed by atoms with van der Waals surface area (Å²) in [4.78, 5) is 2.62. The Morgan fingerprint density at radius 3 is 2.27 bits per heavy atom. The van der Waals surface area contributed by atoms with E-state index < -0.39 is 10.8 Å². The monoisotopic (exact) mass is 230 g/mol. The lowest BCUT2D eigenvalue weighted by Crippen LogP contribution is -2.47. The summed E-state index contributed by atoms with van der Waals surface area (Å²) in [6, 6.07) is 1.44. The topological polar surface area (TPSA) is 32.3 Å². The normalized spacial score (nSPS) is 35.5. The van der Waals surface area contributed by atoms with Gasteiger partial charge in [0.1, 0.15) is 0 Å². The first kappa shape index (κ1) is 11.6. The second kappa shape index (κ2) is 5.41. The molecule has 0 amide bonds. The maximum Gasteiger partial charge on any atom is 0.0249 e. The molecule has 0 radical (unpaired) electrons. The van der Waals surface area contributed by atoms with Crippen LogP contribution in [0.2, 0.25) is 0 Å². The number of hydrogen-bond acceptors (Lipinski definition) is 3. The Morgan fingerprint density at radius 2 is 1.73 bits per heavy atom. The summed E-state index contributed by atoms with van der Waals surface area (Å²) >= 11 is 0. The number of piperidine rings is 1. The molecule has 0 bridgehead atoms. The fourth-order valence-corrected chi connectivity index (χ4v) is 3.97. The smallest absolute Gasteiger partial charge is 0.0249 e. The molecule has 88 valence electrons. The van der Waals surface area contributed by atoms with Crippen LogP contribution in [0.15, 0.2) is 0 Å². The van der Waals surface area contributed by atoms with E-state index in [1.54, 1.807) is 0 Å². The molecule has 0 unspecified atom stereocenters. The van der Waals surface area contributed by atoms with Crippen LogP contribution in [0.3, 0.4) is 0 Å². The van der Waals surface area contributed by atoms with Gasteiger partial charge >= 0.3 is 0 Å². The molecule has 0 aliphatic carbocycles. The van der Waals surface area contributed by atoms with Gasteiger partial charge in [-0.1, -0.05) is 0 Å². The van der Waals surface area contributed by atoms with Crippen LogP contribution in [0.5, 0.6) is 0 Å². The molecule has 2 aliphatic rings. The highest BCUT2D eigenvalue weighted by Gasteiger charge is 2.27. The Bertz CT molecular complexity index is 217. The van der Waals surface area contributed by atoms with Crippen molar-refractivity contribution >= 4 is 10.8 Å². The minimum absolute atomic E-state index is 0.513. The van der Waals surface area contributed by atoms with Crippen molar-refractivity contribution in [2.75, 3.05) is 31.6 Å². The van der Waals surface area contributed by atoms with Gasteiger partial charge in [0, 0.05) is 34.4 Å². The SMILES string of the molecule is CNC1CCN(C2CCS(=O)CC2)CC1. The highest BCUT2D eigenvalue weighted by Crippen LogP contribution is 2.20. The number of rotatable bonds is 2. The predicted molar refractivity (Wildman–Crippen MR) is 64.6 cm³/mol. The van der Waals surface area contributed by atoms with Crippen LogP contribution in [0.4, 0.5) is 0 Å². The lowest BCUT2D eigenvalue weighted by atomic mass is 10.0. The largest absolute Gasteiger partial charge is 0.317 e. The van der Waals surface area contributed by atoms with Gasteiger partial charge in [-0.25, -0.2) is 0 Å². The van der Waals surface area contributed by atoms with E-state index in [-0.39, 0.29) is 0 Å². The van der Waals surface area contributed by atoms with Crippen LogP contribution in [0.25, 0.3) is 0 Å². The Balaban J connectivity index is 1.78. The van der Waals surface area contributed by atoms with Crippen LogP contribution in [0, 0.1) is 0 Å². The van der Waals surface area contributed by atoms with Crippen LogP contribution < -0.4 is 5.32 Å². The van der Waals surface area contributed by atoms with Crippen molar-refractivity contribution in [3.05, 3.63) is 0 Å². The summed E-state index contributed by atoms with van der Waals surface area (Å²) in [7, 11) is 1.55. The minimum Gasteiger partial charge on any atom is -0.317 e. The summed E-state index contributed by atoms with van der Waals surface area (Å²) in [6.07, 6.45) is 4.85. The lowest BCUT2D eigenvalue weighted by molar-refractivity contribution is 0.137. The van der Waals surface area contributed by atoms with E-state index in [2.05, 4.69) is 17.3 Å². The van der Waals surface area contributed by atoms with Gasteiger partial charge in [0.15, 0.2) is 0 Å². The molecule has 0 saturated carbocycles. The van der Waals surface area contributed by atoms with Crippen molar-refractivity contribution in [1.29, 1.82) is 0 Å². The van der Waals surface area contributed by atoms with E-state index in [1.807, 2.05) is 0 Å². The zero-order valence-corrected chi connectivity index (χ0v) is 10.4. The van der Waals surface area contributed by atoms with Crippen molar-refractivity contribution < 1.29 is 4.21 Å². The van der Waals surface area contributed by atoms with Gasteiger partial charge in [0.25, 0.3) is 0 Å². The molecule has 0 aromatic carbocycles.